The van der Waals surface area contributed by atoms with Gasteiger partial charge in [-0.2, -0.15) is 0 Å². The maximum atomic E-state index is 13.6. The summed E-state index contributed by atoms with van der Waals surface area (Å²) in [6, 6.07) is 0. The van der Waals surface area contributed by atoms with Gasteiger partial charge in [0.1, 0.15) is 0 Å². The molecule has 0 saturated heterocycles. The van der Waals surface area contributed by atoms with Crippen molar-refractivity contribution < 1.29 is 17.4 Å². The Balaban J connectivity index is 3.12. The Kier molecular flexibility index (Phi) is 18.8. The quantitative estimate of drug-likeness (QED) is 0.130. The summed E-state index contributed by atoms with van der Waals surface area (Å²) in [4.78, 5) is 0. The molecule has 0 aliphatic rings. The maximum absolute atomic E-state index is 13.6. The lowest BCUT2D eigenvalue weighted by Crippen LogP contribution is -2.39. The Morgan fingerprint density at radius 1 is 0.560 bits per heavy atom. The Hall–Kier alpha value is 0.0269. The van der Waals surface area contributed by atoms with Crippen molar-refractivity contribution in [3.8, 4) is 0 Å². The van der Waals surface area contributed by atoms with Crippen LogP contribution in [0.15, 0.2) is 0 Å². The van der Waals surface area contributed by atoms with E-state index in [1.807, 2.05) is 0 Å². The summed E-state index contributed by atoms with van der Waals surface area (Å²) in [6.45, 7) is 2.67. The van der Waals surface area contributed by atoms with Gasteiger partial charge in [0.25, 0.3) is 0 Å². The fourth-order valence-electron chi connectivity index (χ4n) is 3.05. The molecule has 0 spiro atoms. The summed E-state index contributed by atoms with van der Waals surface area (Å²) >= 11 is 0. The summed E-state index contributed by atoms with van der Waals surface area (Å²) in [5.41, 5.74) is 0. The van der Waals surface area contributed by atoms with Crippen molar-refractivity contribution in [1.29, 1.82) is 0 Å². The first-order chi connectivity index (χ1) is 12.2. The topological polar surface area (TPSA) is 27.7 Å². The van der Waals surface area contributed by atoms with Gasteiger partial charge in [-0.25, -0.2) is 4.11 Å². The predicted molar refractivity (Wildman–Crippen MR) is 106 cm³/mol. The van der Waals surface area contributed by atoms with Gasteiger partial charge in [0.05, 0.1) is 0 Å². The van der Waals surface area contributed by atoms with E-state index in [4.69, 9.17) is 4.43 Å². The van der Waals surface area contributed by atoms with Crippen LogP contribution in [0, 0.1) is 0 Å². The van der Waals surface area contributed by atoms with Gasteiger partial charge >= 0.3 is 9.14 Å². The average molecular weight is 379 g/mol. The van der Waals surface area contributed by atoms with E-state index in [0.717, 1.165) is 12.8 Å². The fourth-order valence-corrected chi connectivity index (χ4v) is 3.84. The Bertz CT molecular complexity index is 263. The molecular weight excluding hydrogens is 335 g/mol. The van der Waals surface area contributed by atoms with E-state index in [1.54, 1.807) is 0 Å². The van der Waals surface area contributed by atoms with Crippen molar-refractivity contribution in [2.45, 2.75) is 110 Å². The molecule has 0 unspecified atom stereocenters. The molecule has 0 aromatic rings. The van der Waals surface area contributed by atoms with Crippen LogP contribution >= 0.6 is 0 Å². The van der Waals surface area contributed by atoms with Crippen molar-refractivity contribution in [3.63, 3.8) is 0 Å². The van der Waals surface area contributed by atoms with Crippen LogP contribution in [0.4, 0.5) is 4.11 Å². The van der Waals surface area contributed by atoms with E-state index in [2.05, 4.69) is 15.8 Å². The van der Waals surface area contributed by atoms with E-state index < -0.39 is 9.14 Å². The molecule has 3 nitrogen and oxygen atoms in total. The first-order valence-electron chi connectivity index (χ1n) is 10.6. The molecule has 0 aromatic carbocycles. The Labute approximate surface area is 157 Å². The normalized spacial score (nSPS) is 12.0. The number of unbranched alkanes of at least 4 members (excludes halogenated alkanes) is 15. The summed E-state index contributed by atoms with van der Waals surface area (Å²) in [5.74, 6) is 0. The van der Waals surface area contributed by atoms with Crippen LogP contribution in [0.3, 0.4) is 0 Å². The second kappa shape index (κ2) is 18.8. The minimum Gasteiger partial charge on any atom is -0.352 e. The molecule has 0 radical (unpaired) electrons. The Morgan fingerprint density at radius 3 is 1.20 bits per heavy atom. The lowest BCUT2D eigenvalue weighted by Gasteiger charge is -2.16. The van der Waals surface area contributed by atoms with Crippen LogP contribution < -0.4 is 0 Å². The van der Waals surface area contributed by atoms with E-state index in [9.17, 15) is 4.11 Å². The maximum Gasteiger partial charge on any atom is 0.719 e. The standard InChI is InChI=1S/C20H43FO3Si/c1-4-5-6-7-8-9-10-11-12-13-14-15-16-17-18-19-20-24-25(21,22-2)23-3/h4-20H2,1-3H3. The highest BCUT2D eigenvalue weighted by molar-refractivity contribution is 6.52. The first-order valence-corrected chi connectivity index (χ1v) is 12.2. The lowest BCUT2D eigenvalue weighted by atomic mass is 10.0. The largest absolute Gasteiger partial charge is 0.719 e. The predicted octanol–water partition coefficient (Wildman–Crippen LogP) is 6.96. The Morgan fingerprint density at radius 2 is 0.880 bits per heavy atom. The summed E-state index contributed by atoms with van der Waals surface area (Å²) < 4.78 is 28.0. The third kappa shape index (κ3) is 17.2. The molecule has 152 valence electrons. The van der Waals surface area contributed by atoms with Gasteiger partial charge in [0, 0.05) is 20.8 Å². The molecule has 0 heterocycles. The molecule has 0 aromatic heterocycles. The minimum atomic E-state index is -3.81. The third-order valence-electron chi connectivity index (χ3n) is 4.76. The number of rotatable bonds is 20. The molecule has 0 amide bonds. The van der Waals surface area contributed by atoms with Crippen LogP contribution in [0.25, 0.3) is 0 Å². The van der Waals surface area contributed by atoms with Crippen molar-refractivity contribution in [1.82, 2.24) is 0 Å². The minimum absolute atomic E-state index is 0.392. The van der Waals surface area contributed by atoms with Gasteiger partial charge in [-0.15, -0.1) is 0 Å². The zero-order valence-electron chi connectivity index (χ0n) is 17.1. The number of hydrogen-bond acceptors (Lipinski definition) is 3. The second-order valence-corrected chi connectivity index (χ2v) is 9.11. The highest BCUT2D eigenvalue weighted by Gasteiger charge is 2.41. The molecular formula is C20H43FO3Si. The van der Waals surface area contributed by atoms with Crippen molar-refractivity contribution in [2.24, 2.45) is 0 Å². The van der Waals surface area contributed by atoms with E-state index in [0.29, 0.717) is 6.61 Å². The van der Waals surface area contributed by atoms with Crippen LogP contribution in [-0.2, 0) is 13.3 Å². The van der Waals surface area contributed by atoms with Crippen molar-refractivity contribution >= 4 is 9.14 Å². The summed E-state index contributed by atoms with van der Waals surface area (Å²) in [7, 11) is -1.22. The highest BCUT2D eigenvalue weighted by atomic mass is 28.4. The molecule has 0 bridgehead atoms. The van der Waals surface area contributed by atoms with Crippen LogP contribution in [-0.4, -0.2) is 30.0 Å². The van der Waals surface area contributed by atoms with Gasteiger partial charge in [-0.05, 0) is 6.42 Å². The SMILES string of the molecule is CCCCCCCCCCCCCCCCCCO[Si](F)(OC)OC. The lowest BCUT2D eigenvalue weighted by molar-refractivity contribution is 0.0534. The van der Waals surface area contributed by atoms with Crippen LogP contribution in [0.1, 0.15) is 110 Å². The molecule has 0 atom stereocenters. The molecule has 0 fully saturated rings. The zero-order chi connectivity index (χ0) is 18.6. The summed E-state index contributed by atoms with van der Waals surface area (Å²) in [6.07, 6.45) is 21.3. The molecule has 0 saturated carbocycles. The van der Waals surface area contributed by atoms with E-state index in [-0.39, 0.29) is 0 Å². The van der Waals surface area contributed by atoms with E-state index >= 15 is 0 Å². The molecule has 0 aliphatic carbocycles. The fraction of sp³-hybridized carbons (Fsp3) is 1.00. The number of hydrogen-bond donors (Lipinski definition) is 0. The van der Waals surface area contributed by atoms with Gasteiger partial charge in [0.15, 0.2) is 0 Å². The van der Waals surface area contributed by atoms with Crippen molar-refractivity contribution in [2.75, 3.05) is 20.8 Å². The molecule has 0 N–H and O–H groups in total. The molecule has 0 aliphatic heterocycles. The monoisotopic (exact) mass is 378 g/mol. The third-order valence-corrected chi connectivity index (χ3v) is 6.28. The molecule has 0 rings (SSSR count). The van der Waals surface area contributed by atoms with Gasteiger partial charge in [0.2, 0.25) is 0 Å². The molecule has 25 heavy (non-hydrogen) atoms. The van der Waals surface area contributed by atoms with Crippen LogP contribution in [0.2, 0.25) is 0 Å². The smallest absolute Gasteiger partial charge is 0.352 e. The first kappa shape index (κ1) is 25.0. The highest BCUT2D eigenvalue weighted by Crippen LogP contribution is 2.14. The van der Waals surface area contributed by atoms with Crippen molar-refractivity contribution in [3.05, 3.63) is 0 Å². The van der Waals surface area contributed by atoms with E-state index in [1.165, 1.54) is 104 Å². The second-order valence-electron chi connectivity index (χ2n) is 7.04. The van der Waals surface area contributed by atoms with Gasteiger partial charge in [-0.1, -0.05) is 103 Å². The zero-order valence-corrected chi connectivity index (χ0v) is 18.1. The van der Waals surface area contributed by atoms with Gasteiger partial charge in [-0.3, -0.25) is 0 Å². The van der Waals surface area contributed by atoms with Gasteiger partial charge < -0.3 is 13.3 Å². The van der Waals surface area contributed by atoms with Crippen LogP contribution in [0.5, 0.6) is 0 Å². The average Bonchev–Trinajstić information content (AvgIpc) is 2.64. The molecule has 5 heteroatoms. The number of halogens is 1. The summed E-state index contributed by atoms with van der Waals surface area (Å²) in [5, 5.41) is 0.